The Kier molecular flexibility index (Phi) is 3.85. The van der Waals surface area contributed by atoms with Crippen LogP contribution in [0.5, 0.6) is 11.5 Å². The van der Waals surface area contributed by atoms with E-state index in [4.69, 9.17) is 9.47 Å². The van der Waals surface area contributed by atoms with Crippen LogP contribution in [0.3, 0.4) is 0 Å². The molecule has 0 spiro atoms. The maximum atomic E-state index is 9.23. The fraction of sp³-hybridized carbons (Fsp3) is 0.200. The molecule has 0 aliphatic carbocycles. The van der Waals surface area contributed by atoms with E-state index in [9.17, 15) is 5.11 Å². The van der Waals surface area contributed by atoms with Gasteiger partial charge in [0.2, 0.25) is 0 Å². The third-order valence-electron chi connectivity index (χ3n) is 2.84. The standard InChI is InChI=1S/C15H16O3/c1-17-14-6-4-3-5-12(14)13-9-11(10-16)7-8-15(13)18-2/h3-9,16H,10H2,1-2H3. The van der Waals surface area contributed by atoms with Crippen molar-refractivity contribution in [3.8, 4) is 22.6 Å². The Morgan fingerprint density at radius 3 is 2.22 bits per heavy atom. The molecule has 0 amide bonds. The fourth-order valence-corrected chi connectivity index (χ4v) is 1.93. The van der Waals surface area contributed by atoms with Crippen LogP contribution in [-0.4, -0.2) is 19.3 Å². The van der Waals surface area contributed by atoms with Gasteiger partial charge >= 0.3 is 0 Å². The lowest BCUT2D eigenvalue weighted by atomic mass is 10.0. The summed E-state index contributed by atoms with van der Waals surface area (Å²) in [6, 6.07) is 13.4. The highest BCUT2D eigenvalue weighted by molar-refractivity contribution is 5.76. The fourth-order valence-electron chi connectivity index (χ4n) is 1.93. The summed E-state index contributed by atoms with van der Waals surface area (Å²) in [5, 5.41) is 9.23. The molecule has 0 fully saturated rings. The number of aliphatic hydroxyl groups excluding tert-OH is 1. The van der Waals surface area contributed by atoms with E-state index in [1.807, 2.05) is 42.5 Å². The predicted octanol–water partition coefficient (Wildman–Crippen LogP) is 2.86. The van der Waals surface area contributed by atoms with E-state index in [-0.39, 0.29) is 6.61 Å². The topological polar surface area (TPSA) is 38.7 Å². The van der Waals surface area contributed by atoms with E-state index >= 15 is 0 Å². The van der Waals surface area contributed by atoms with Crippen molar-refractivity contribution in [1.82, 2.24) is 0 Å². The number of rotatable bonds is 4. The molecular formula is C15H16O3. The quantitative estimate of drug-likeness (QED) is 0.898. The first-order chi connectivity index (χ1) is 8.80. The van der Waals surface area contributed by atoms with Gasteiger partial charge < -0.3 is 14.6 Å². The van der Waals surface area contributed by atoms with Crippen molar-refractivity contribution in [2.24, 2.45) is 0 Å². The molecule has 0 aromatic heterocycles. The molecule has 0 saturated heterocycles. The van der Waals surface area contributed by atoms with Gasteiger partial charge in [-0.3, -0.25) is 0 Å². The van der Waals surface area contributed by atoms with Crippen molar-refractivity contribution in [2.75, 3.05) is 14.2 Å². The summed E-state index contributed by atoms with van der Waals surface area (Å²) >= 11 is 0. The first-order valence-corrected chi connectivity index (χ1v) is 5.71. The smallest absolute Gasteiger partial charge is 0.126 e. The average Bonchev–Trinajstić information content (AvgIpc) is 2.46. The van der Waals surface area contributed by atoms with E-state index < -0.39 is 0 Å². The Hall–Kier alpha value is -2.00. The molecule has 2 aromatic carbocycles. The highest BCUT2D eigenvalue weighted by Crippen LogP contribution is 2.36. The molecular weight excluding hydrogens is 228 g/mol. The Labute approximate surface area is 107 Å². The minimum atomic E-state index is 0.00609. The van der Waals surface area contributed by atoms with Crippen LogP contribution in [0.2, 0.25) is 0 Å². The number of para-hydroxylation sites is 1. The summed E-state index contributed by atoms with van der Waals surface area (Å²) in [4.78, 5) is 0. The lowest BCUT2D eigenvalue weighted by Gasteiger charge is -2.13. The molecule has 0 unspecified atom stereocenters. The third kappa shape index (κ3) is 2.31. The van der Waals surface area contributed by atoms with Crippen molar-refractivity contribution in [1.29, 1.82) is 0 Å². The summed E-state index contributed by atoms with van der Waals surface area (Å²) in [7, 11) is 3.27. The molecule has 2 aromatic rings. The molecule has 94 valence electrons. The van der Waals surface area contributed by atoms with Gasteiger partial charge in [-0.25, -0.2) is 0 Å². The maximum Gasteiger partial charge on any atom is 0.126 e. The monoisotopic (exact) mass is 244 g/mol. The lowest BCUT2D eigenvalue weighted by Crippen LogP contribution is -1.93. The molecule has 0 radical (unpaired) electrons. The van der Waals surface area contributed by atoms with Gasteiger partial charge in [-0.05, 0) is 23.8 Å². The largest absolute Gasteiger partial charge is 0.496 e. The zero-order chi connectivity index (χ0) is 13.0. The van der Waals surface area contributed by atoms with E-state index in [2.05, 4.69) is 0 Å². The zero-order valence-corrected chi connectivity index (χ0v) is 10.5. The number of hydrogen-bond donors (Lipinski definition) is 1. The van der Waals surface area contributed by atoms with Crippen LogP contribution >= 0.6 is 0 Å². The van der Waals surface area contributed by atoms with Crippen molar-refractivity contribution in [3.05, 3.63) is 48.0 Å². The number of hydrogen-bond acceptors (Lipinski definition) is 3. The summed E-state index contributed by atoms with van der Waals surface area (Å²) in [5.41, 5.74) is 2.71. The molecule has 0 atom stereocenters. The van der Waals surface area contributed by atoms with Crippen molar-refractivity contribution < 1.29 is 14.6 Å². The highest BCUT2D eigenvalue weighted by atomic mass is 16.5. The molecule has 0 aliphatic rings. The summed E-state index contributed by atoms with van der Waals surface area (Å²) in [5.74, 6) is 1.54. The SMILES string of the molecule is COc1ccccc1-c1cc(CO)ccc1OC. The molecule has 18 heavy (non-hydrogen) atoms. The lowest BCUT2D eigenvalue weighted by molar-refractivity contribution is 0.281. The van der Waals surface area contributed by atoms with Gasteiger partial charge in [-0.15, -0.1) is 0 Å². The first kappa shape index (κ1) is 12.5. The number of benzene rings is 2. The second-order valence-electron chi connectivity index (χ2n) is 3.89. The average molecular weight is 244 g/mol. The summed E-state index contributed by atoms with van der Waals surface area (Å²) in [6.07, 6.45) is 0. The zero-order valence-electron chi connectivity index (χ0n) is 10.5. The van der Waals surface area contributed by atoms with E-state index in [0.29, 0.717) is 0 Å². The van der Waals surface area contributed by atoms with Crippen LogP contribution in [0.1, 0.15) is 5.56 Å². The van der Waals surface area contributed by atoms with E-state index in [1.165, 1.54) is 0 Å². The van der Waals surface area contributed by atoms with Gasteiger partial charge in [0.25, 0.3) is 0 Å². The third-order valence-corrected chi connectivity index (χ3v) is 2.84. The number of aliphatic hydroxyl groups is 1. The minimum Gasteiger partial charge on any atom is -0.496 e. The van der Waals surface area contributed by atoms with Gasteiger partial charge in [0, 0.05) is 11.1 Å². The molecule has 3 heteroatoms. The molecule has 1 N–H and O–H groups in total. The van der Waals surface area contributed by atoms with Gasteiger partial charge in [0.05, 0.1) is 20.8 Å². The number of ether oxygens (including phenoxy) is 2. The maximum absolute atomic E-state index is 9.23. The molecule has 0 aliphatic heterocycles. The van der Waals surface area contributed by atoms with E-state index in [0.717, 1.165) is 28.2 Å². The Morgan fingerprint density at radius 2 is 1.56 bits per heavy atom. The van der Waals surface area contributed by atoms with Gasteiger partial charge in [-0.1, -0.05) is 24.3 Å². The molecule has 0 heterocycles. The van der Waals surface area contributed by atoms with Gasteiger partial charge in [0.1, 0.15) is 11.5 Å². The van der Waals surface area contributed by atoms with Crippen LogP contribution in [0.25, 0.3) is 11.1 Å². The van der Waals surface area contributed by atoms with Crippen LogP contribution in [0, 0.1) is 0 Å². The Balaban J connectivity index is 2.60. The van der Waals surface area contributed by atoms with Gasteiger partial charge in [0.15, 0.2) is 0 Å². The van der Waals surface area contributed by atoms with Crippen molar-refractivity contribution >= 4 is 0 Å². The van der Waals surface area contributed by atoms with Crippen LogP contribution in [-0.2, 0) is 6.61 Å². The Bertz CT molecular complexity index is 535. The second kappa shape index (κ2) is 5.56. The van der Waals surface area contributed by atoms with Crippen molar-refractivity contribution in [3.63, 3.8) is 0 Å². The molecule has 0 bridgehead atoms. The van der Waals surface area contributed by atoms with Crippen LogP contribution in [0.15, 0.2) is 42.5 Å². The number of methoxy groups -OCH3 is 2. The molecule has 0 saturated carbocycles. The summed E-state index contributed by atoms with van der Waals surface area (Å²) < 4.78 is 10.7. The molecule has 2 rings (SSSR count). The second-order valence-corrected chi connectivity index (χ2v) is 3.89. The highest BCUT2D eigenvalue weighted by Gasteiger charge is 2.11. The minimum absolute atomic E-state index is 0.00609. The predicted molar refractivity (Wildman–Crippen MR) is 70.9 cm³/mol. The molecule has 3 nitrogen and oxygen atoms in total. The first-order valence-electron chi connectivity index (χ1n) is 5.71. The van der Waals surface area contributed by atoms with Crippen LogP contribution < -0.4 is 9.47 Å². The van der Waals surface area contributed by atoms with Crippen molar-refractivity contribution in [2.45, 2.75) is 6.61 Å². The van der Waals surface area contributed by atoms with E-state index in [1.54, 1.807) is 14.2 Å². The summed E-state index contributed by atoms with van der Waals surface area (Å²) in [6.45, 7) is 0.00609. The van der Waals surface area contributed by atoms with Gasteiger partial charge in [-0.2, -0.15) is 0 Å². The van der Waals surface area contributed by atoms with Crippen LogP contribution in [0.4, 0.5) is 0 Å². The normalized spacial score (nSPS) is 10.2. The Morgan fingerprint density at radius 1 is 0.889 bits per heavy atom.